The minimum atomic E-state index is -0.623. The van der Waals surface area contributed by atoms with Crippen LogP contribution in [-0.4, -0.2) is 43.4 Å². The van der Waals surface area contributed by atoms with Crippen LogP contribution in [0.3, 0.4) is 0 Å². The van der Waals surface area contributed by atoms with E-state index < -0.39 is 6.17 Å². The summed E-state index contributed by atoms with van der Waals surface area (Å²) >= 11 is 0. The quantitative estimate of drug-likeness (QED) is 0.718. The first-order valence-corrected chi connectivity index (χ1v) is 6.49. The maximum absolute atomic E-state index is 13.4. The molecule has 94 valence electrons. The summed E-state index contributed by atoms with van der Waals surface area (Å²) in [6.07, 6.45) is 2.19. The predicted octanol–water partition coefficient (Wildman–Crippen LogP) is 2.48. The Kier molecular flexibility index (Phi) is 3.55. The van der Waals surface area contributed by atoms with Crippen molar-refractivity contribution in [2.24, 2.45) is 11.3 Å². The van der Waals surface area contributed by atoms with Gasteiger partial charge >= 0.3 is 0 Å². The molecule has 3 heteroatoms. The highest BCUT2D eigenvalue weighted by Gasteiger charge is 2.46. The molecule has 2 nitrogen and oxygen atoms in total. The second-order valence-corrected chi connectivity index (χ2v) is 6.05. The van der Waals surface area contributed by atoms with Gasteiger partial charge in [-0.15, -0.1) is 0 Å². The van der Waals surface area contributed by atoms with Gasteiger partial charge < -0.3 is 4.74 Å². The van der Waals surface area contributed by atoms with E-state index in [1.165, 1.54) is 12.8 Å². The standard InChI is InChI=1S/C13H24FNO/c1-10(2)16-9-13(4-5-13)8-15-6-11(3)12(14)7-15/h10-12H,4-9H2,1-3H3. The summed E-state index contributed by atoms with van der Waals surface area (Å²) in [4.78, 5) is 2.28. The number of hydrogen-bond acceptors (Lipinski definition) is 2. The molecule has 2 aliphatic rings. The van der Waals surface area contributed by atoms with Gasteiger partial charge in [0.2, 0.25) is 0 Å². The zero-order chi connectivity index (χ0) is 11.8. The summed E-state index contributed by atoms with van der Waals surface area (Å²) in [5.74, 6) is 0.210. The van der Waals surface area contributed by atoms with Crippen molar-refractivity contribution in [3.05, 3.63) is 0 Å². The maximum Gasteiger partial charge on any atom is 0.116 e. The van der Waals surface area contributed by atoms with Gasteiger partial charge in [0.1, 0.15) is 6.17 Å². The molecule has 0 aromatic carbocycles. The molecule has 0 bridgehead atoms. The zero-order valence-electron chi connectivity index (χ0n) is 10.7. The van der Waals surface area contributed by atoms with Crippen molar-refractivity contribution in [2.75, 3.05) is 26.2 Å². The third-order valence-corrected chi connectivity index (χ3v) is 3.84. The predicted molar refractivity (Wildman–Crippen MR) is 63.3 cm³/mol. The molecule has 1 saturated carbocycles. The SMILES string of the molecule is CC(C)OCC1(CN2CC(C)C(F)C2)CC1. The van der Waals surface area contributed by atoms with Gasteiger partial charge in [0, 0.05) is 31.0 Å². The van der Waals surface area contributed by atoms with Gasteiger partial charge in [0.25, 0.3) is 0 Å². The highest BCUT2D eigenvalue weighted by Crippen LogP contribution is 2.47. The molecule has 2 rings (SSSR count). The Hall–Kier alpha value is -0.150. The molecular formula is C13H24FNO. The first-order valence-electron chi connectivity index (χ1n) is 6.49. The second kappa shape index (κ2) is 4.61. The number of hydrogen-bond donors (Lipinski definition) is 0. The van der Waals surface area contributed by atoms with E-state index in [2.05, 4.69) is 18.7 Å². The van der Waals surface area contributed by atoms with Crippen molar-refractivity contribution in [1.29, 1.82) is 0 Å². The fraction of sp³-hybridized carbons (Fsp3) is 1.00. The third-order valence-electron chi connectivity index (χ3n) is 3.84. The number of nitrogens with zero attached hydrogens (tertiary/aromatic N) is 1. The van der Waals surface area contributed by atoms with E-state index in [1.807, 2.05) is 6.92 Å². The first kappa shape index (κ1) is 12.3. The van der Waals surface area contributed by atoms with Crippen LogP contribution in [0, 0.1) is 11.3 Å². The average molecular weight is 229 g/mol. The van der Waals surface area contributed by atoms with Gasteiger partial charge in [-0.2, -0.15) is 0 Å². The number of ether oxygens (including phenoxy) is 1. The van der Waals surface area contributed by atoms with Crippen LogP contribution in [0.15, 0.2) is 0 Å². The molecule has 2 fully saturated rings. The molecule has 2 atom stereocenters. The van der Waals surface area contributed by atoms with Gasteiger partial charge in [-0.3, -0.25) is 4.90 Å². The van der Waals surface area contributed by atoms with Crippen molar-refractivity contribution < 1.29 is 9.13 Å². The van der Waals surface area contributed by atoms with Crippen molar-refractivity contribution in [3.63, 3.8) is 0 Å². The second-order valence-electron chi connectivity index (χ2n) is 6.05. The van der Waals surface area contributed by atoms with E-state index >= 15 is 0 Å². The van der Waals surface area contributed by atoms with Crippen molar-refractivity contribution in [1.82, 2.24) is 4.90 Å². The Morgan fingerprint density at radius 2 is 2.06 bits per heavy atom. The van der Waals surface area contributed by atoms with Crippen molar-refractivity contribution in [3.8, 4) is 0 Å². The Morgan fingerprint density at radius 1 is 1.38 bits per heavy atom. The third kappa shape index (κ3) is 2.95. The summed E-state index contributed by atoms with van der Waals surface area (Å²) < 4.78 is 19.1. The molecule has 1 heterocycles. The van der Waals surface area contributed by atoms with E-state index in [9.17, 15) is 4.39 Å². The molecule has 0 aromatic heterocycles. The largest absolute Gasteiger partial charge is 0.378 e. The summed E-state index contributed by atoms with van der Waals surface area (Å²) in [6.45, 7) is 9.60. The van der Waals surface area contributed by atoms with Crippen LogP contribution in [0.1, 0.15) is 33.6 Å². The average Bonchev–Trinajstić information content (AvgIpc) is 2.88. The summed E-state index contributed by atoms with van der Waals surface area (Å²) in [6, 6.07) is 0. The molecule has 0 aromatic rings. The van der Waals surface area contributed by atoms with Crippen LogP contribution in [0.5, 0.6) is 0 Å². The summed E-state index contributed by atoms with van der Waals surface area (Å²) in [5, 5.41) is 0. The summed E-state index contributed by atoms with van der Waals surface area (Å²) in [7, 11) is 0. The molecule has 16 heavy (non-hydrogen) atoms. The Labute approximate surface area is 98.1 Å². The zero-order valence-corrected chi connectivity index (χ0v) is 10.7. The van der Waals surface area contributed by atoms with E-state index in [-0.39, 0.29) is 5.92 Å². The van der Waals surface area contributed by atoms with E-state index in [0.717, 1.165) is 19.7 Å². The minimum Gasteiger partial charge on any atom is -0.378 e. The highest BCUT2D eigenvalue weighted by atomic mass is 19.1. The fourth-order valence-corrected chi connectivity index (χ4v) is 2.49. The fourth-order valence-electron chi connectivity index (χ4n) is 2.49. The lowest BCUT2D eigenvalue weighted by Gasteiger charge is -2.23. The number of likely N-dealkylation sites (tertiary alicyclic amines) is 1. The van der Waals surface area contributed by atoms with Crippen LogP contribution < -0.4 is 0 Å². The van der Waals surface area contributed by atoms with Gasteiger partial charge in [0.15, 0.2) is 0 Å². The molecule has 0 radical (unpaired) electrons. The molecule has 1 saturated heterocycles. The molecule has 2 unspecified atom stereocenters. The molecule has 0 N–H and O–H groups in total. The summed E-state index contributed by atoms with van der Waals surface area (Å²) in [5.41, 5.74) is 0.355. The lowest BCUT2D eigenvalue weighted by Crippen LogP contribution is -2.32. The first-order chi connectivity index (χ1) is 7.51. The Morgan fingerprint density at radius 3 is 2.50 bits per heavy atom. The number of alkyl halides is 1. The van der Waals surface area contributed by atoms with Crippen LogP contribution in [0.4, 0.5) is 4.39 Å². The van der Waals surface area contributed by atoms with Crippen molar-refractivity contribution >= 4 is 0 Å². The topological polar surface area (TPSA) is 12.5 Å². The van der Waals surface area contributed by atoms with Crippen LogP contribution in [0.25, 0.3) is 0 Å². The number of rotatable bonds is 5. The maximum atomic E-state index is 13.4. The molecule has 1 aliphatic carbocycles. The molecule has 1 aliphatic heterocycles. The molecule has 0 amide bonds. The highest BCUT2D eigenvalue weighted by molar-refractivity contribution is 4.97. The van der Waals surface area contributed by atoms with Crippen LogP contribution in [0.2, 0.25) is 0 Å². The van der Waals surface area contributed by atoms with E-state index in [1.54, 1.807) is 0 Å². The Bertz CT molecular complexity index is 230. The van der Waals surface area contributed by atoms with Crippen LogP contribution in [-0.2, 0) is 4.74 Å². The smallest absolute Gasteiger partial charge is 0.116 e. The Balaban J connectivity index is 1.77. The minimum absolute atomic E-state index is 0.210. The number of halogens is 1. The molecular weight excluding hydrogens is 205 g/mol. The van der Waals surface area contributed by atoms with Gasteiger partial charge in [-0.25, -0.2) is 4.39 Å². The van der Waals surface area contributed by atoms with Gasteiger partial charge in [0.05, 0.1) is 12.7 Å². The van der Waals surface area contributed by atoms with E-state index in [4.69, 9.17) is 4.74 Å². The van der Waals surface area contributed by atoms with Gasteiger partial charge in [-0.05, 0) is 26.7 Å². The normalized spacial score (nSPS) is 33.6. The monoisotopic (exact) mass is 229 g/mol. The van der Waals surface area contributed by atoms with Gasteiger partial charge in [-0.1, -0.05) is 6.92 Å². The molecule has 0 spiro atoms. The lowest BCUT2D eigenvalue weighted by atomic mass is 10.1. The van der Waals surface area contributed by atoms with Crippen molar-refractivity contribution in [2.45, 2.75) is 45.9 Å². The lowest BCUT2D eigenvalue weighted by molar-refractivity contribution is 0.0328. The van der Waals surface area contributed by atoms with E-state index in [0.29, 0.717) is 18.1 Å². The van der Waals surface area contributed by atoms with Crippen LogP contribution >= 0.6 is 0 Å².